The molecule has 0 bridgehead atoms. The van der Waals surface area contributed by atoms with E-state index < -0.39 is 35.8 Å². The minimum atomic E-state index is -1.30. The normalized spacial score (nSPS) is 18.9. The number of rotatable bonds is 3. The number of hydrogen-bond donors (Lipinski definition) is 2. The third-order valence-corrected chi connectivity index (χ3v) is 4.42. The number of carbonyl (C=O) groups excluding carboxylic acids is 4. The van der Waals surface area contributed by atoms with Crippen LogP contribution in [-0.2, 0) is 19.2 Å². The van der Waals surface area contributed by atoms with Crippen LogP contribution in [0.25, 0.3) is 10.2 Å². The van der Waals surface area contributed by atoms with Crippen molar-refractivity contribution in [2.75, 3.05) is 0 Å². The summed E-state index contributed by atoms with van der Waals surface area (Å²) in [7, 11) is 0. The number of nitrogens with zero attached hydrogens (tertiary/aromatic N) is 3. The number of Topliss-reactive ketones (excluding diaryl/α,β-unsaturated/α-hetero) is 1. The number of aromatic nitrogens is 1. The Bertz CT molecular complexity index is 954. The highest BCUT2D eigenvalue weighted by Crippen LogP contribution is 2.30. The number of piperidine rings is 1. The quantitative estimate of drug-likeness (QED) is 0.451. The number of imide groups is 1. The highest BCUT2D eigenvalue weighted by Gasteiger charge is 2.43. The van der Waals surface area contributed by atoms with Crippen LogP contribution in [0.3, 0.4) is 0 Å². The van der Waals surface area contributed by atoms with E-state index in [9.17, 15) is 19.2 Å². The van der Waals surface area contributed by atoms with E-state index >= 15 is 0 Å². The van der Waals surface area contributed by atoms with Crippen molar-refractivity contribution in [1.82, 2.24) is 15.7 Å². The molecule has 0 radical (unpaired) electrons. The van der Waals surface area contributed by atoms with Crippen LogP contribution >= 0.6 is 11.3 Å². The molecule has 0 saturated carbocycles. The van der Waals surface area contributed by atoms with Crippen molar-refractivity contribution in [2.45, 2.75) is 12.3 Å². The van der Waals surface area contributed by atoms with Gasteiger partial charge in [-0.05, 0) is 12.1 Å². The molecule has 2 heterocycles. The summed E-state index contributed by atoms with van der Waals surface area (Å²) < 4.78 is 0.775. The van der Waals surface area contributed by atoms with Crippen LogP contribution in [0.5, 0.6) is 0 Å². The van der Waals surface area contributed by atoms with Crippen molar-refractivity contribution in [3.63, 3.8) is 0 Å². The molecule has 0 aliphatic carbocycles. The molecule has 1 aliphatic heterocycles. The molecule has 3 rings (SSSR count). The minimum Gasteiger partial charge on any atom is -0.287 e. The van der Waals surface area contributed by atoms with Crippen LogP contribution in [0.1, 0.15) is 17.3 Å². The summed E-state index contributed by atoms with van der Waals surface area (Å²) >= 11 is 1.15. The Hall–Kier alpha value is -3.45. The second-order valence-corrected chi connectivity index (χ2v) is 6.03. The van der Waals surface area contributed by atoms with Crippen molar-refractivity contribution in [3.8, 4) is 6.07 Å². The van der Waals surface area contributed by atoms with Gasteiger partial charge in [-0.1, -0.05) is 12.1 Å². The van der Waals surface area contributed by atoms with Gasteiger partial charge in [0.25, 0.3) is 17.7 Å². The van der Waals surface area contributed by atoms with Crippen LogP contribution < -0.4 is 10.7 Å². The highest BCUT2D eigenvalue weighted by atomic mass is 32.1. The molecule has 10 heteroatoms. The van der Waals surface area contributed by atoms with E-state index in [2.05, 4.69) is 10.1 Å². The lowest BCUT2D eigenvalue weighted by molar-refractivity contribution is -0.141. The average Bonchev–Trinajstić information content (AvgIpc) is 3.00. The zero-order chi connectivity index (χ0) is 18.0. The number of benzene rings is 1. The number of ketones is 1. The van der Waals surface area contributed by atoms with Gasteiger partial charge in [0, 0.05) is 0 Å². The molecule has 9 nitrogen and oxygen atoms in total. The smallest absolute Gasteiger partial charge is 0.287 e. The lowest BCUT2D eigenvalue weighted by Crippen LogP contribution is -2.52. The molecular formula is C15H9N5O4S. The van der Waals surface area contributed by atoms with Gasteiger partial charge in [0.1, 0.15) is 23.1 Å². The van der Waals surface area contributed by atoms with Gasteiger partial charge in [0.15, 0.2) is 0 Å². The first-order valence-electron chi connectivity index (χ1n) is 6.99. The van der Waals surface area contributed by atoms with Crippen molar-refractivity contribution in [1.29, 1.82) is 5.26 Å². The number of nitriles is 1. The fourth-order valence-corrected chi connectivity index (χ4v) is 3.28. The second-order valence-electron chi connectivity index (χ2n) is 4.97. The maximum Gasteiger partial charge on any atom is 0.295 e. The van der Waals surface area contributed by atoms with Gasteiger partial charge in [0.2, 0.25) is 5.78 Å². The number of hydrogen-bond acceptors (Lipinski definition) is 8. The van der Waals surface area contributed by atoms with E-state index in [1.165, 1.54) is 0 Å². The first-order valence-corrected chi connectivity index (χ1v) is 7.81. The second kappa shape index (κ2) is 6.58. The van der Waals surface area contributed by atoms with Gasteiger partial charge in [-0.15, -0.1) is 11.3 Å². The molecule has 1 atom stereocenters. The first-order chi connectivity index (χ1) is 12.0. The lowest BCUT2D eigenvalue weighted by atomic mass is 9.94. The number of thiazole rings is 1. The lowest BCUT2D eigenvalue weighted by Gasteiger charge is -2.19. The van der Waals surface area contributed by atoms with Crippen LogP contribution in [0, 0.1) is 11.3 Å². The summed E-state index contributed by atoms with van der Waals surface area (Å²) in [5.74, 6) is -4.90. The van der Waals surface area contributed by atoms with E-state index in [0.717, 1.165) is 16.0 Å². The fraction of sp³-hybridized carbons (Fsp3) is 0.133. The van der Waals surface area contributed by atoms with E-state index in [4.69, 9.17) is 5.26 Å². The SMILES string of the molecule is N#CCC(=O)N/N=C1/C(=O)NC(=O)C(=O)[C@@H]1c1nc2ccccc2s1. The summed E-state index contributed by atoms with van der Waals surface area (Å²) in [6.45, 7) is 0. The minimum absolute atomic E-state index is 0.225. The number of para-hydroxylation sites is 1. The van der Waals surface area contributed by atoms with Gasteiger partial charge in [-0.3, -0.25) is 24.5 Å². The molecule has 1 aromatic heterocycles. The molecule has 1 saturated heterocycles. The Kier molecular flexibility index (Phi) is 4.32. The topological polar surface area (TPSA) is 141 Å². The van der Waals surface area contributed by atoms with Crippen LogP contribution in [-0.4, -0.2) is 34.2 Å². The Balaban J connectivity index is 2.03. The highest BCUT2D eigenvalue weighted by molar-refractivity contribution is 7.19. The molecule has 2 aromatic rings. The monoisotopic (exact) mass is 355 g/mol. The third-order valence-electron chi connectivity index (χ3n) is 3.32. The molecule has 3 amide bonds. The van der Waals surface area contributed by atoms with E-state index in [1.807, 2.05) is 10.7 Å². The maximum atomic E-state index is 12.3. The molecule has 124 valence electrons. The van der Waals surface area contributed by atoms with Gasteiger partial charge < -0.3 is 0 Å². The number of hydrazone groups is 1. The molecule has 2 N–H and O–H groups in total. The van der Waals surface area contributed by atoms with Crippen LogP contribution in [0.15, 0.2) is 29.4 Å². The third kappa shape index (κ3) is 3.13. The van der Waals surface area contributed by atoms with Crippen molar-refractivity contribution < 1.29 is 19.2 Å². The zero-order valence-electron chi connectivity index (χ0n) is 12.5. The summed E-state index contributed by atoms with van der Waals surface area (Å²) in [4.78, 5) is 51.7. The summed E-state index contributed by atoms with van der Waals surface area (Å²) in [5, 5.41) is 14.2. The van der Waals surface area contributed by atoms with Crippen LogP contribution in [0.2, 0.25) is 0 Å². The largest absolute Gasteiger partial charge is 0.295 e. The predicted molar refractivity (Wildman–Crippen MR) is 86.3 cm³/mol. The molecule has 1 fully saturated rings. The molecular weight excluding hydrogens is 346 g/mol. The summed E-state index contributed by atoms with van der Waals surface area (Å²) in [6, 6.07) is 8.71. The van der Waals surface area contributed by atoms with E-state index in [1.54, 1.807) is 30.3 Å². The number of nitrogens with one attached hydrogen (secondary N) is 2. The molecule has 0 unspecified atom stereocenters. The van der Waals surface area contributed by atoms with Crippen LogP contribution in [0.4, 0.5) is 0 Å². The average molecular weight is 355 g/mol. The molecule has 0 spiro atoms. The van der Waals surface area contributed by atoms with Gasteiger partial charge >= 0.3 is 0 Å². The van der Waals surface area contributed by atoms with Crippen molar-refractivity contribution >= 4 is 50.8 Å². The summed E-state index contributed by atoms with van der Waals surface area (Å²) in [5.41, 5.74) is 2.29. The van der Waals surface area contributed by atoms with E-state index in [0.29, 0.717) is 5.52 Å². The Labute approximate surface area is 144 Å². The maximum absolute atomic E-state index is 12.3. The standard InChI is InChI=1S/C15H9N5O4S/c16-6-5-9(21)19-20-11-10(12(22)14(24)18-13(11)23)15-17-7-3-1-2-4-8(7)25-15/h1-4,10H,5H2,(H,19,21)(H,18,23,24)/b20-11+/t10-/m1/s1. The molecule has 1 aromatic carbocycles. The van der Waals surface area contributed by atoms with E-state index in [-0.39, 0.29) is 10.7 Å². The summed E-state index contributed by atoms with van der Waals surface area (Å²) in [6.07, 6.45) is -0.461. The molecule has 1 aliphatic rings. The van der Waals surface area contributed by atoms with Gasteiger partial charge in [-0.25, -0.2) is 10.4 Å². The number of fused-ring (bicyclic) bond motifs is 1. The predicted octanol–water partition coefficient (Wildman–Crippen LogP) is -0.00872. The zero-order valence-corrected chi connectivity index (χ0v) is 13.3. The van der Waals surface area contributed by atoms with Gasteiger partial charge in [0.05, 0.1) is 16.3 Å². The number of carbonyl (C=O) groups is 4. The Morgan fingerprint density at radius 2 is 2.08 bits per heavy atom. The Morgan fingerprint density at radius 3 is 2.80 bits per heavy atom. The Morgan fingerprint density at radius 1 is 1.32 bits per heavy atom. The first kappa shape index (κ1) is 16.4. The molecule has 25 heavy (non-hydrogen) atoms. The van der Waals surface area contributed by atoms with Crippen molar-refractivity contribution in [2.24, 2.45) is 5.10 Å². The number of amides is 3. The van der Waals surface area contributed by atoms with Crippen molar-refractivity contribution in [3.05, 3.63) is 29.3 Å². The fourth-order valence-electron chi connectivity index (χ4n) is 2.21. The van der Waals surface area contributed by atoms with Gasteiger partial charge in [-0.2, -0.15) is 10.4 Å².